The highest BCUT2D eigenvalue weighted by Crippen LogP contribution is 2.24. The molecule has 3 rings (SSSR count). The third-order valence-electron chi connectivity index (χ3n) is 2.92. The summed E-state index contributed by atoms with van der Waals surface area (Å²) in [5.41, 5.74) is 1.05. The van der Waals surface area contributed by atoms with Crippen LogP contribution in [0.1, 0.15) is 26.3 Å². The Hall–Kier alpha value is -2.15. The van der Waals surface area contributed by atoms with Gasteiger partial charge in [-0.05, 0) is 32.2 Å². The molecular formula is C14H17N5OS. The summed E-state index contributed by atoms with van der Waals surface area (Å²) in [7, 11) is 0. The second kappa shape index (κ2) is 5.33. The Balaban J connectivity index is 1.64. The molecule has 0 aliphatic heterocycles. The lowest BCUT2D eigenvalue weighted by molar-refractivity contribution is 0.355. The lowest BCUT2D eigenvalue weighted by atomic mass is 10.1. The number of thiophene rings is 1. The highest BCUT2D eigenvalue weighted by atomic mass is 32.1. The van der Waals surface area contributed by atoms with E-state index in [0.717, 1.165) is 10.4 Å². The highest BCUT2D eigenvalue weighted by Gasteiger charge is 2.14. The van der Waals surface area contributed by atoms with Crippen LogP contribution in [0, 0.1) is 0 Å². The maximum Gasteiger partial charge on any atom is 0.316 e. The predicted octanol–water partition coefficient (Wildman–Crippen LogP) is 3.36. The van der Waals surface area contributed by atoms with Crippen LogP contribution in [0.3, 0.4) is 0 Å². The summed E-state index contributed by atoms with van der Waals surface area (Å²) in [4.78, 5) is 0.969. The van der Waals surface area contributed by atoms with Crippen molar-refractivity contribution in [1.29, 1.82) is 0 Å². The zero-order chi connectivity index (χ0) is 14.9. The number of nitrogens with one attached hydrogen (secondary N) is 1. The van der Waals surface area contributed by atoms with Crippen LogP contribution in [0.4, 0.5) is 6.01 Å². The monoisotopic (exact) mass is 303 g/mol. The molecule has 0 bridgehead atoms. The van der Waals surface area contributed by atoms with Gasteiger partial charge in [0.25, 0.3) is 5.89 Å². The Labute approximate surface area is 126 Å². The Morgan fingerprint density at radius 1 is 1.33 bits per heavy atom. The van der Waals surface area contributed by atoms with Gasteiger partial charge in [0.1, 0.15) is 0 Å². The average Bonchev–Trinajstić information content (AvgIpc) is 3.16. The summed E-state index contributed by atoms with van der Waals surface area (Å²) < 4.78 is 7.51. The van der Waals surface area contributed by atoms with Crippen molar-refractivity contribution >= 4 is 17.4 Å². The van der Waals surface area contributed by atoms with Crippen molar-refractivity contribution in [3.05, 3.63) is 35.5 Å². The molecule has 0 atom stereocenters. The van der Waals surface area contributed by atoms with Crippen LogP contribution >= 0.6 is 11.3 Å². The highest BCUT2D eigenvalue weighted by molar-refractivity contribution is 7.13. The number of hydrogen-bond donors (Lipinski definition) is 1. The Kier molecular flexibility index (Phi) is 3.50. The maximum absolute atomic E-state index is 5.57. The molecule has 0 spiro atoms. The van der Waals surface area contributed by atoms with Gasteiger partial charge in [-0.3, -0.25) is 4.68 Å². The lowest BCUT2D eigenvalue weighted by Crippen LogP contribution is -2.21. The van der Waals surface area contributed by atoms with Gasteiger partial charge in [-0.15, -0.1) is 16.4 Å². The van der Waals surface area contributed by atoms with Crippen LogP contribution in [-0.4, -0.2) is 20.0 Å². The van der Waals surface area contributed by atoms with E-state index < -0.39 is 0 Å². The normalized spacial score (nSPS) is 11.8. The van der Waals surface area contributed by atoms with Gasteiger partial charge >= 0.3 is 6.01 Å². The van der Waals surface area contributed by atoms with Gasteiger partial charge in [0.15, 0.2) is 0 Å². The second-order valence-corrected chi connectivity index (χ2v) is 6.65. The molecule has 6 nitrogen and oxygen atoms in total. The quantitative estimate of drug-likeness (QED) is 0.800. The van der Waals surface area contributed by atoms with Crippen LogP contribution in [0.15, 0.2) is 34.3 Å². The van der Waals surface area contributed by atoms with Gasteiger partial charge in [0.05, 0.1) is 16.6 Å². The Morgan fingerprint density at radius 3 is 2.86 bits per heavy atom. The standard InChI is InChI=1S/C14H17N5OS/c1-14(2,3)19-9-10(8-16-19)7-15-13-18-17-12(20-13)11-5-4-6-21-11/h4-6,8-9H,7H2,1-3H3,(H,15,18). The van der Waals surface area contributed by atoms with Gasteiger partial charge in [0, 0.05) is 18.3 Å². The minimum absolute atomic E-state index is 0.0188. The number of rotatable bonds is 4. The fraction of sp³-hybridized carbons (Fsp3) is 0.357. The van der Waals surface area contributed by atoms with Crippen molar-refractivity contribution in [1.82, 2.24) is 20.0 Å². The molecule has 0 saturated carbocycles. The summed E-state index contributed by atoms with van der Waals surface area (Å²) in [6.07, 6.45) is 3.86. The number of nitrogens with zero attached hydrogens (tertiary/aromatic N) is 4. The molecule has 7 heteroatoms. The van der Waals surface area contributed by atoms with Crippen LogP contribution in [-0.2, 0) is 12.1 Å². The summed E-state index contributed by atoms with van der Waals surface area (Å²) in [5.74, 6) is 0.540. The molecule has 110 valence electrons. The Bertz CT molecular complexity index is 708. The molecule has 0 aliphatic rings. The van der Waals surface area contributed by atoms with Crippen molar-refractivity contribution in [2.45, 2.75) is 32.9 Å². The molecule has 3 aromatic rings. The van der Waals surface area contributed by atoms with Crippen LogP contribution < -0.4 is 5.32 Å². The number of hydrogen-bond acceptors (Lipinski definition) is 6. The van der Waals surface area contributed by atoms with Crippen molar-refractivity contribution in [2.24, 2.45) is 0 Å². The molecule has 0 unspecified atom stereocenters. The van der Waals surface area contributed by atoms with E-state index in [1.54, 1.807) is 11.3 Å². The molecule has 3 heterocycles. The van der Waals surface area contributed by atoms with E-state index in [4.69, 9.17) is 4.42 Å². The van der Waals surface area contributed by atoms with E-state index in [9.17, 15) is 0 Å². The van der Waals surface area contributed by atoms with Crippen molar-refractivity contribution in [2.75, 3.05) is 5.32 Å². The third-order valence-corrected chi connectivity index (χ3v) is 3.78. The maximum atomic E-state index is 5.57. The summed E-state index contributed by atoms with van der Waals surface area (Å²) in [6.45, 7) is 6.94. The van der Waals surface area contributed by atoms with Crippen LogP contribution in [0.2, 0.25) is 0 Å². The molecule has 1 N–H and O–H groups in total. The van der Waals surface area contributed by atoms with Crippen molar-refractivity contribution in [3.63, 3.8) is 0 Å². The van der Waals surface area contributed by atoms with Gasteiger partial charge in [-0.2, -0.15) is 5.10 Å². The van der Waals surface area contributed by atoms with E-state index in [2.05, 4.69) is 41.4 Å². The molecule has 0 amide bonds. The first-order valence-corrected chi connectivity index (χ1v) is 7.55. The minimum Gasteiger partial charge on any atom is -0.403 e. The lowest BCUT2D eigenvalue weighted by Gasteiger charge is -2.18. The van der Waals surface area contributed by atoms with Gasteiger partial charge in [0.2, 0.25) is 0 Å². The summed E-state index contributed by atoms with van der Waals surface area (Å²) >= 11 is 1.57. The Morgan fingerprint density at radius 2 is 2.19 bits per heavy atom. The summed E-state index contributed by atoms with van der Waals surface area (Å²) in [5, 5.41) is 17.5. The van der Waals surface area contributed by atoms with Crippen molar-refractivity contribution < 1.29 is 4.42 Å². The first-order valence-electron chi connectivity index (χ1n) is 6.68. The largest absolute Gasteiger partial charge is 0.403 e. The molecule has 0 saturated heterocycles. The number of anilines is 1. The summed E-state index contributed by atoms with van der Waals surface area (Å²) in [6, 6.07) is 4.33. The zero-order valence-corrected chi connectivity index (χ0v) is 13.0. The smallest absolute Gasteiger partial charge is 0.316 e. The molecule has 0 aromatic carbocycles. The van der Waals surface area contributed by atoms with E-state index in [-0.39, 0.29) is 5.54 Å². The van der Waals surface area contributed by atoms with E-state index in [1.807, 2.05) is 34.6 Å². The van der Waals surface area contributed by atoms with E-state index in [0.29, 0.717) is 18.5 Å². The fourth-order valence-corrected chi connectivity index (χ4v) is 2.43. The van der Waals surface area contributed by atoms with Gasteiger partial charge in [-0.1, -0.05) is 11.2 Å². The van der Waals surface area contributed by atoms with E-state index >= 15 is 0 Å². The molecule has 3 aromatic heterocycles. The van der Waals surface area contributed by atoms with E-state index in [1.165, 1.54) is 0 Å². The SMILES string of the molecule is CC(C)(C)n1cc(CNc2nnc(-c3cccs3)o2)cn1. The molecule has 0 fully saturated rings. The minimum atomic E-state index is -0.0188. The van der Waals surface area contributed by atoms with Gasteiger partial charge in [-0.25, -0.2) is 0 Å². The first-order chi connectivity index (χ1) is 10.0. The fourth-order valence-electron chi connectivity index (χ4n) is 1.79. The molecule has 21 heavy (non-hydrogen) atoms. The topological polar surface area (TPSA) is 68.8 Å². The molecule has 0 radical (unpaired) electrons. The molecular weight excluding hydrogens is 286 g/mol. The van der Waals surface area contributed by atoms with Crippen LogP contribution in [0.25, 0.3) is 10.8 Å². The van der Waals surface area contributed by atoms with Gasteiger partial charge < -0.3 is 9.73 Å². The average molecular weight is 303 g/mol. The van der Waals surface area contributed by atoms with Crippen molar-refractivity contribution in [3.8, 4) is 10.8 Å². The molecule has 0 aliphatic carbocycles. The number of aromatic nitrogens is 4. The second-order valence-electron chi connectivity index (χ2n) is 5.71. The third kappa shape index (κ3) is 3.13. The zero-order valence-electron chi connectivity index (χ0n) is 12.2. The first kappa shape index (κ1) is 13.8. The predicted molar refractivity (Wildman–Crippen MR) is 82.2 cm³/mol. The van der Waals surface area contributed by atoms with Crippen LogP contribution in [0.5, 0.6) is 0 Å².